The number of carbonyl (C=O) groups is 1. The van der Waals surface area contributed by atoms with Gasteiger partial charge < -0.3 is 9.47 Å². The summed E-state index contributed by atoms with van der Waals surface area (Å²) in [6, 6.07) is 10.6. The van der Waals surface area contributed by atoms with E-state index in [1.165, 1.54) is 18.4 Å². The highest BCUT2D eigenvalue weighted by Crippen LogP contribution is 2.34. The fourth-order valence-electron chi connectivity index (χ4n) is 1.94. The number of esters is 1. The molecule has 0 spiro atoms. The summed E-state index contributed by atoms with van der Waals surface area (Å²) in [5.41, 5.74) is 0.562. The van der Waals surface area contributed by atoms with E-state index in [0.717, 1.165) is 10.1 Å². The zero-order valence-electron chi connectivity index (χ0n) is 11.6. The first-order valence-electron chi connectivity index (χ1n) is 6.35. The molecule has 1 aromatic carbocycles. The molecule has 0 aliphatic carbocycles. The van der Waals surface area contributed by atoms with Crippen molar-refractivity contribution in [3.63, 3.8) is 0 Å². The molecule has 0 N–H and O–H groups in total. The maximum absolute atomic E-state index is 11.6. The van der Waals surface area contributed by atoms with Crippen LogP contribution in [0.25, 0.3) is 10.1 Å². The molecule has 3 rings (SSSR count). The minimum atomic E-state index is -0.384. The Balaban J connectivity index is 1.97. The number of methoxy groups -OCH3 is 1. The molecule has 0 aliphatic heterocycles. The monoisotopic (exact) mass is 310 g/mol. The van der Waals surface area contributed by atoms with E-state index in [1.54, 1.807) is 42.7 Å². The maximum Gasteiger partial charge on any atom is 0.348 e. The van der Waals surface area contributed by atoms with Gasteiger partial charge in [-0.2, -0.15) is 5.26 Å². The summed E-state index contributed by atoms with van der Waals surface area (Å²) in [6.45, 7) is 0. The summed E-state index contributed by atoms with van der Waals surface area (Å²) >= 11 is 1.30. The van der Waals surface area contributed by atoms with Gasteiger partial charge in [0.1, 0.15) is 10.6 Å². The lowest BCUT2D eigenvalue weighted by molar-refractivity contribution is 0.0606. The minimum Gasteiger partial charge on any atom is -0.465 e. The zero-order chi connectivity index (χ0) is 15.5. The number of carbonyl (C=O) groups excluding carboxylic acids is 1. The maximum atomic E-state index is 11.6. The Morgan fingerprint density at radius 3 is 2.73 bits per heavy atom. The van der Waals surface area contributed by atoms with E-state index in [1.807, 2.05) is 0 Å². The Morgan fingerprint density at radius 2 is 2.05 bits per heavy atom. The van der Waals surface area contributed by atoms with Crippen molar-refractivity contribution in [2.24, 2.45) is 0 Å². The van der Waals surface area contributed by atoms with E-state index in [-0.39, 0.29) is 5.97 Å². The Hall–Kier alpha value is -2.91. The first-order chi connectivity index (χ1) is 10.7. The van der Waals surface area contributed by atoms with E-state index < -0.39 is 0 Å². The molecule has 0 aliphatic rings. The van der Waals surface area contributed by atoms with Gasteiger partial charge in [0.2, 0.25) is 0 Å². The number of pyridine rings is 1. The van der Waals surface area contributed by atoms with Crippen LogP contribution in [0.15, 0.2) is 42.7 Å². The van der Waals surface area contributed by atoms with Gasteiger partial charge in [0, 0.05) is 11.6 Å². The Labute approximate surface area is 130 Å². The summed E-state index contributed by atoms with van der Waals surface area (Å²) in [7, 11) is 1.35. The zero-order valence-corrected chi connectivity index (χ0v) is 12.4. The van der Waals surface area contributed by atoms with Crippen LogP contribution in [0.5, 0.6) is 11.5 Å². The second kappa shape index (κ2) is 5.84. The molecule has 0 bridgehead atoms. The molecule has 2 aromatic heterocycles. The van der Waals surface area contributed by atoms with Crippen LogP contribution in [0.2, 0.25) is 0 Å². The standard InChI is InChI=1S/C16H10N2O3S/c1-20-16(19)14-6-12-13(8-18-9-15(12)22-14)21-11-4-2-10(7-17)3-5-11/h2-6,8-9H,1H3. The van der Waals surface area contributed by atoms with Crippen LogP contribution in [0.1, 0.15) is 15.2 Å². The third-order valence-corrected chi connectivity index (χ3v) is 4.06. The normalized spacial score (nSPS) is 10.2. The van der Waals surface area contributed by atoms with Crippen LogP contribution in [0, 0.1) is 11.3 Å². The number of rotatable bonds is 3. The lowest BCUT2D eigenvalue weighted by Crippen LogP contribution is -1.96. The quantitative estimate of drug-likeness (QED) is 0.689. The predicted octanol–water partition coefficient (Wildman–Crippen LogP) is 3.75. The molecule has 0 saturated heterocycles. The SMILES string of the molecule is COC(=O)c1cc2c(Oc3ccc(C#N)cc3)cncc2s1. The summed E-state index contributed by atoms with van der Waals surface area (Å²) < 4.78 is 11.4. The van der Waals surface area contributed by atoms with Crippen LogP contribution >= 0.6 is 11.3 Å². The van der Waals surface area contributed by atoms with E-state index >= 15 is 0 Å². The molecule has 0 saturated carbocycles. The molecule has 5 nitrogen and oxygen atoms in total. The van der Waals surface area contributed by atoms with Crippen molar-refractivity contribution in [2.45, 2.75) is 0 Å². The Morgan fingerprint density at radius 1 is 1.27 bits per heavy atom. The number of aromatic nitrogens is 1. The summed E-state index contributed by atoms with van der Waals surface area (Å²) in [5.74, 6) is 0.762. The van der Waals surface area contributed by atoms with Crippen molar-refractivity contribution in [3.05, 3.63) is 53.2 Å². The highest BCUT2D eigenvalue weighted by Gasteiger charge is 2.14. The number of hydrogen-bond donors (Lipinski definition) is 0. The molecule has 0 radical (unpaired) electrons. The Kier molecular flexibility index (Phi) is 3.73. The van der Waals surface area contributed by atoms with Gasteiger partial charge in [-0.25, -0.2) is 4.79 Å². The topological polar surface area (TPSA) is 72.2 Å². The van der Waals surface area contributed by atoms with Crippen LogP contribution in [0.4, 0.5) is 0 Å². The molecular weight excluding hydrogens is 300 g/mol. The van der Waals surface area contributed by atoms with Crippen LogP contribution < -0.4 is 4.74 Å². The van der Waals surface area contributed by atoms with E-state index in [0.29, 0.717) is 21.9 Å². The number of thiophene rings is 1. The van der Waals surface area contributed by atoms with E-state index in [9.17, 15) is 4.79 Å². The molecule has 6 heteroatoms. The van der Waals surface area contributed by atoms with Gasteiger partial charge in [0.25, 0.3) is 0 Å². The van der Waals surface area contributed by atoms with Crippen LogP contribution in [-0.4, -0.2) is 18.1 Å². The molecule has 0 unspecified atom stereocenters. The number of nitriles is 1. The molecule has 3 aromatic rings. The Bertz CT molecular complexity index is 879. The highest BCUT2D eigenvalue weighted by molar-refractivity contribution is 7.20. The van der Waals surface area contributed by atoms with E-state index in [2.05, 4.69) is 11.1 Å². The third-order valence-electron chi connectivity index (χ3n) is 3.01. The lowest BCUT2D eigenvalue weighted by atomic mass is 10.2. The average Bonchev–Trinajstić information content (AvgIpc) is 3.00. The molecule has 0 atom stereocenters. The van der Waals surface area contributed by atoms with Crippen molar-refractivity contribution < 1.29 is 14.3 Å². The van der Waals surface area contributed by atoms with Gasteiger partial charge >= 0.3 is 5.97 Å². The van der Waals surface area contributed by atoms with Crippen LogP contribution in [0.3, 0.4) is 0 Å². The second-order valence-electron chi connectivity index (χ2n) is 4.39. The molecule has 0 fully saturated rings. The average molecular weight is 310 g/mol. The fourth-order valence-corrected chi connectivity index (χ4v) is 2.91. The number of ether oxygens (including phenoxy) is 2. The first-order valence-corrected chi connectivity index (χ1v) is 7.17. The largest absolute Gasteiger partial charge is 0.465 e. The molecule has 108 valence electrons. The molecular formula is C16H10N2O3S. The van der Waals surface area contributed by atoms with Crippen molar-refractivity contribution in [2.75, 3.05) is 7.11 Å². The number of benzene rings is 1. The predicted molar refractivity (Wildman–Crippen MR) is 82.2 cm³/mol. The third kappa shape index (κ3) is 2.62. The van der Waals surface area contributed by atoms with Gasteiger partial charge in [-0.1, -0.05) is 0 Å². The molecule has 2 heterocycles. The molecule has 0 amide bonds. The summed E-state index contributed by atoms with van der Waals surface area (Å²) in [6.07, 6.45) is 3.27. The number of fused-ring (bicyclic) bond motifs is 1. The first kappa shape index (κ1) is 14.0. The smallest absolute Gasteiger partial charge is 0.348 e. The van der Waals surface area contributed by atoms with Crippen molar-refractivity contribution in [3.8, 4) is 17.6 Å². The van der Waals surface area contributed by atoms with Crippen LogP contribution in [-0.2, 0) is 4.74 Å². The second-order valence-corrected chi connectivity index (χ2v) is 5.47. The van der Waals surface area contributed by atoms with Crippen molar-refractivity contribution >= 4 is 27.4 Å². The highest BCUT2D eigenvalue weighted by atomic mass is 32.1. The van der Waals surface area contributed by atoms with Gasteiger partial charge in [0.15, 0.2) is 5.75 Å². The van der Waals surface area contributed by atoms with E-state index in [4.69, 9.17) is 14.7 Å². The molecule has 22 heavy (non-hydrogen) atoms. The number of hydrogen-bond acceptors (Lipinski definition) is 6. The van der Waals surface area contributed by atoms with Gasteiger partial charge in [-0.3, -0.25) is 4.98 Å². The van der Waals surface area contributed by atoms with Crippen molar-refractivity contribution in [1.82, 2.24) is 4.98 Å². The van der Waals surface area contributed by atoms with Crippen molar-refractivity contribution in [1.29, 1.82) is 5.26 Å². The van der Waals surface area contributed by atoms with Gasteiger partial charge in [0.05, 0.1) is 29.6 Å². The fraction of sp³-hybridized carbons (Fsp3) is 0.0625. The minimum absolute atomic E-state index is 0.384. The summed E-state index contributed by atoms with van der Waals surface area (Å²) in [5, 5.41) is 9.59. The lowest BCUT2D eigenvalue weighted by Gasteiger charge is -2.06. The van der Waals surface area contributed by atoms with Gasteiger partial charge in [-0.05, 0) is 30.3 Å². The summed E-state index contributed by atoms with van der Waals surface area (Å²) in [4.78, 5) is 16.2. The number of nitrogens with zero attached hydrogens (tertiary/aromatic N) is 2. The van der Waals surface area contributed by atoms with Gasteiger partial charge in [-0.15, -0.1) is 11.3 Å².